The molecule has 0 saturated heterocycles. The van der Waals surface area contributed by atoms with Crippen LogP contribution in [0, 0.1) is 0 Å². The summed E-state index contributed by atoms with van der Waals surface area (Å²) < 4.78 is 167. The third-order valence-electron chi connectivity index (χ3n) is 11.8. The van der Waals surface area contributed by atoms with Crippen molar-refractivity contribution in [2.45, 2.75) is 60.0 Å². The van der Waals surface area contributed by atoms with Gasteiger partial charge in [-0.1, -0.05) is 69.3 Å². The van der Waals surface area contributed by atoms with Crippen molar-refractivity contribution in [1.29, 1.82) is 0 Å². The standard InChI is InChI=1S/C29H42N2P.C24H34O8.3BF4/c1-7-32(8-2,9-3)23-22-30-18-14-26(15-19-30)27-16-20-31(21-17-27)24-25-10-12-28(13-11-25)29(4,5)6;1-2-4-22-20-24-23(19-21(22)3-1)31-17-15-29-13-11-27-9-7-25-5-6-26-8-10-28-12-14-30-16-18-32-24;3*2-1(3,4)5/h10-21H,7-9,22-24H2,1-6H3;1-4,19-20H,5-18H2;;;/q+3;;3*-1. The van der Waals surface area contributed by atoms with E-state index in [1.807, 2.05) is 24.3 Å². The summed E-state index contributed by atoms with van der Waals surface area (Å²) in [4.78, 5) is 0. The third kappa shape index (κ3) is 35.7. The fourth-order valence-electron chi connectivity index (χ4n) is 7.39. The topological polar surface area (TPSA) is 81.6 Å². The largest absolute Gasteiger partial charge is 0.673 e. The van der Waals surface area contributed by atoms with Gasteiger partial charge in [-0.2, -0.15) is 0 Å². The molecule has 0 saturated carbocycles. The molecule has 0 N–H and O–H groups in total. The van der Waals surface area contributed by atoms with Gasteiger partial charge < -0.3 is 89.7 Å². The van der Waals surface area contributed by atoms with Crippen molar-refractivity contribution >= 4 is 39.8 Å². The predicted molar refractivity (Wildman–Crippen MR) is 290 cm³/mol. The Morgan fingerprint density at radius 1 is 0.430 bits per heavy atom. The van der Waals surface area contributed by atoms with E-state index in [0.29, 0.717) is 104 Å². The molecule has 79 heavy (non-hydrogen) atoms. The van der Waals surface area contributed by atoms with Crippen LogP contribution in [0.3, 0.4) is 0 Å². The lowest BCUT2D eigenvalue weighted by molar-refractivity contribution is -0.692. The number of hydrogen-bond acceptors (Lipinski definition) is 8. The van der Waals surface area contributed by atoms with Gasteiger partial charge in [-0.15, -0.1) is 0 Å². The minimum absolute atomic E-state index is 0.202. The van der Waals surface area contributed by atoms with E-state index in [2.05, 4.69) is 136 Å². The van der Waals surface area contributed by atoms with Gasteiger partial charge in [-0.3, -0.25) is 0 Å². The number of nitrogens with zero attached hydrogens (tertiary/aromatic N) is 2. The van der Waals surface area contributed by atoms with Crippen LogP contribution < -0.4 is 18.6 Å². The van der Waals surface area contributed by atoms with Gasteiger partial charge in [0.1, 0.15) is 19.4 Å². The van der Waals surface area contributed by atoms with Crippen molar-refractivity contribution < 1.29 is 98.8 Å². The molecule has 0 bridgehead atoms. The minimum atomic E-state index is -6.00. The predicted octanol–water partition coefficient (Wildman–Crippen LogP) is 13.0. The maximum atomic E-state index is 9.75. The zero-order valence-electron chi connectivity index (χ0n) is 45.9. The number of rotatable bonds is 9. The Balaban J connectivity index is 0.000000429. The number of pyridine rings is 2. The molecule has 0 unspecified atom stereocenters. The van der Waals surface area contributed by atoms with E-state index >= 15 is 0 Å². The van der Waals surface area contributed by atoms with Crippen molar-refractivity contribution in [3.63, 3.8) is 0 Å². The van der Waals surface area contributed by atoms with Crippen LogP contribution in [0.5, 0.6) is 11.5 Å². The molecule has 0 radical (unpaired) electrons. The number of aryl methyl sites for hydroxylation is 1. The van der Waals surface area contributed by atoms with Crippen LogP contribution in [-0.2, 0) is 46.9 Å². The lowest BCUT2D eigenvalue weighted by Crippen LogP contribution is -2.35. The maximum Gasteiger partial charge on any atom is 0.673 e. The second kappa shape index (κ2) is 37.4. The fraction of sp³-hybridized carbons (Fsp3) is 0.509. The highest BCUT2D eigenvalue weighted by molar-refractivity contribution is 7.75. The van der Waals surface area contributed by atoms with Crippen molar-refractivity contribution in [2.24, 2.45) is 0 Å². The van der Waals surface area contributed by atoms with E-state index in [1.165, 1.54) is 46.9 Å². The number of fused-ring (bicyclic) bond motifs is 2. The maximum absolute atomic E-state index is 9.75. The van der Waals surface area contributed by atoms with Gasteiger partial charge in [0.25, 0.3) is 0 Å². The molecule has 3 heterocycles. The summed E-state index contributed by atoms with van der Waals surface area (Å²) in [7, 11) is -18.7. The van der Waals surface area contributed by atoms with Gasteiger partial charge in [-0.25, -0.2) is 9.13 Å². The molecule has 0 amide bonds. The molecule has 5 aromatic rings. The van der Waals surface area contributed by atoms with E-state index in [9.17, 15) is 51.8 Å². The van der Waals surface area contributed by atoms with Crippen molar-refractivity contribution in [2.75, 3.05) is 117 Å². The highest BCUT2D eigenvalue weighted by Crippen LogP contribution is 2.57. The number of halogens is 12. The molecule has 26 heteroatoms. The van der Waals surface area contributed by atoms with Crippen LogP contribution in [0.4, 0.5) is 51.8 Å². The van der Waals surface area contributed by atoms with E-state index in [4.69, 9.17) is 37.9 Å². The summed E-state index contributed by atoms with van der Waals surface area (Å²) >= 11 is 0. The summed E-state index contributed by atoms with van der Waals surface area (Å²) in [5.74, 6) is 1.39. The second-order valence-corrected chi connectivity index (χ2v) is 23.6. The first kappa shape index (κ1) is 70.5. The summed E-state index contributed by atoms with van der Waals surface area (Å²) in [5, 5.41) is 2.19. The Morgan fingerprint density at radius 3 is 1.04 bits per heavy atom. The van der Waals surface area contributed by atoms with Crippen molar-refractivity contribution in [3.05, 3.63) is 121 Å². The number of aromatic nitrogens is 2. The molecule has 0 atom stereocenters. The molecule has 10 nitrogen and oxygen atoms in total. The molecular formula is C53H76B3F12N2O8P. The van der Waals surface area contributed by atoms with E-state index < -0.39 is 29.0 Å². The molecule has 6 rings (SSSR count). The SMILES string of the molecule is CC[P+](CC)(CC)CC[n+]1ccc(-c2cc[n+](Cc3ccc(C(C)(C)C)cc3)cc2)cc1.F[B-](F)(F)F.F[B-](F)(F)F.F[B-](F)(F)F.c1ccc2cc3c(cc2c1)OCCOCCOCCOCCOCCOCCOCCO3. The zero-order valence-corrected chi connectivity index (χ0v) is 46.8. The van der Waals surface area contributed by atoms with Crippen LogP contribution in [0.15, 0.2) is 110 Å². The zero-order chi connectivity index (χ0) is 58.8. The summed E-state index contributed by atoms with van der Waals surface area (Å²) in [5.41, 5.74) is 5.48. The van der Waals surface area contributed by atoms with E-state index in [-0.39, 0.29) is 5.41 Å². The van der Waals surface area contributed by atoms with E-state index in [0.717, 1.165) is 23.9 Å². The molecule has 1 aliphatic heterocycles. The smallest absolute Gasteiger partial charge is 0.487 e. The van der Waals surface area contributed by atoms with Crippen LogP contribution in [0.2, 0.25) is 0 Å². The Kier molecular flexibility index (Phi) is 33.4. The average Bonchev–Trinajstić information content (AvgIpc) is 3.39. The summed E-state index contributed by atoms with van der Waals surface area (Å²) in [6.07, 6.45) is 14.4. The van der Waals surface area contributed by atoms with Gasteiger partial charge in [-0.05, 0) is 65.8 Å². The number of hydrogen-bond donors (Lipinski definition) is 0. The van der Waals surface area contributed by atoms with Crippen LogP contribution in [-0.4, -0.2) is 139 Å². The average molecular weight is 1160 g/mol. The Morgan fingerprint density at radius 2 is 0.734 bits per heavy atom. The van der Waals surface area contributed by atoms with Crippen LogP contribution in [0.1, 0.15) is 52.7 Å². The molecule has 0 fully saturated rings. The molecule has 0 spiro atoms. The molecule has 444 valence electrons. The number of ether oxygens (including phenoxy) is 8. The second-order valence-electron chi connectivity index (χ2n) is 18.5. The van der Waals surface area contributed by atoms with Gasteiger partial charge in [0.15, 0.2) is 49.4 Å². The quantitative estimate of drug-likeness (QED) is 0.0625. The Bertz CT molecular complexity index is 2250. The summed E-state index contributed by atoms with van der Waals surface area (Å²) in [6.45, 7) is 23.0. The van der Waals surface area contributed by atoms with Gasteiger partial charge in [0, 0.05) is 37.1 Å². The molecule has 1 aliphatic rings. The molecular weight excluding hydrogens is 1080 g/mol. The fourth-order valence-corrected chi connectivity index (χ4v) is 10.3. The highest BCUT2D eigenvalue weighted by atomic mass is 31.2. The first-order valence-corrected chi connectivity index (χ1v) is 28.5. The Hall–Kier alpha value is -4.64. The van der Waals surface area contributed by atoms with Gasteiger partial charge in [0.2, 0.25) is 0 Å². The highest BCUT2D eigenvalue weighted by Gasteiger charge is 2.32. The molecule has 3 aromatic carbocycles. The first-order chi connectivity index (χ1) is 37.2. The normalized spacial score (nSPS) is 15.2. The van der Waals surface area contributed by atoms with Crippen LogP contribution in [0.25, 0.3) is 21.9 Å². The molecule has 2 aromatic heterocycles. The summed E-state index contributed by atoms with van der Waals surface area (Å²) in [6, 6.07) is 30.1. The lowest BCUT2D eigenvalue weighted by atomic mass is 9.87. The van der Waals surface area contributed by atoms with Gasteiger partial charge in [0.05, 0.1) is 97.8 Å². The van der Waals surface area contributed by atoms with Crippen molar-refractivity contribution in [3.8, 4) is 22.6 Å². The minimum Gasteiger partial charge on any atom is -0.487 e. The van der Waals surface area contributed by atoms with Crippen molar-refractivity contribution in [1.82, 2.24) is 0 Å². The van der Waals surface area contributed by atoms with Gasteiger partial charge >= 0.3 is 21.8 Å². The first-order valence-electron chi connectivity index (χ1n) is 26.0. The lowest BCUT2D eigenvalue weighted by Gasteiger charge is -2.21. The number of benzene rings is 3. The third-order valence-corrected chi connectivity index (χ3v) is 17.0. The monoisotopic (exact) mass is 1160 g/mol. The van der Waals surface area contributed by atoms with Crippen LogP contribution >= 0.6 is 7.26 Å². The van der Waals surface area contributed by atoms with E-state index in [1.54, 1.807) is 0 Å². The molecule has 0 aliphatic carbocycles. The Labute approximate surface area is 458 Å².